The first-order chi connectivity index (χ1) is 9.77. The second kappa shape index (κ2) is 10.9. The van der Waals surface area contributed by atoms with Gasteiger partial charge in [0.25, 0.3) is 0 Å². The highest BCUT2D eigenvalue weighted by atomic mass is 16.5. The van der Waals surface area contributed by atoms with Crippen LogP contribution in [0, 0.1) is 6.92 Å². The van der Waals surface area contributed by atoms with E-state index in [1.807, 2.05) is 6.92 Å². The zero-order valence-electron chi connectivity index (χ0n) is 12.9. The Hall–Kier alpha value is -0.880. The Balaban J connectivity index is 2.09. The van der Waals surface area contributed by atoms with Crippen molar-refractivity contribution >= 4 is 0 Å². The molecule has 0 aliphatic rings. The molecule has 1 rings (SSSR count). The van der Waals surface area contributed by atoms with Crippen LogP contribution in [0.3, 0.4) is 0 Å². The fourth-order valence-corrected chi connectivity index (χ4v) is 1.77. The molecule has 20 heavy (non-hydrogen) atoms. The van der Waals surface area contributed by atoms with Crippen LogP contribution in [0.1, 0.15) is 30.4 Å². The average Bonchev–Trinajstić information content (AvgIpc) is 2.80. The lowest BCUT2D eigenvalue weighted by Gasteiger charge is -2.04. The van der Waals surface area contributed by atoms with E-state index in [2.05, 4.69) is 18.3 Å². The van der Waals surface area contributed by atoms with Gasteiger partial charge in [-0.15, -0.1) is 0 Å². The van der Waals surface area contributed by atoms with Gasteiger partial charge in [0.1, 0.15) is 18.1 Å². The lowest BCUT2D eigenvalue weighted by molar-refractivity contribution is 0.0452. The Morgan fingerprint density at radius 1 is 1.15 bits per heavy atom. The molecule has 0 bridgehead atoms. The summed E-state index contributed by atoms with van der Waals surface area (Å²) < 4.78 is 21.5. The van der Waals surface area contributed by atoms with Crippen LogP contribution in [0.15, 0.2) is 10.5 Å². The monoisotopic (exact) mass is 285 g/mol. The van der Waals surface area contributed by atoms with E-state index in [-0.39, 0.29) is 0 Å². The van der Waals surface area contributed by atoms with E-state index in [4.69, 9.17) is 18.6 Å². The number of hydrogen-bond acceptors (Lipinski definition) is 5. The Bertz CT molecular complexity index is 352. The molecule has 0 fully saturated rings. The summed E-state index contributed by atoms with van der Waals surface area (Å²) in [7, 11) is 1.67. The minimum atomic E-state index is 0.519. The van der Waals surface area contributed by atoms with Gasteiger partial charge in [-0.1, -0.05) is 6.92 Å². The summed E-state index contributed by atoms with van der Waals surface area (Å²) in [5, 5.41) is 3.29. The van der Waals surface area contributed by atoms with Crippen molar-refractivity contribution in [1.82, 2.24) is 5.32 Å². The van der Waals surface area contributed by atoms with E-state index in [0.717, 1.165) is 31.0 Å². The highest BCUT2D eigenvalue weighted by molar-refractivity contribution is 5.20. The largest absolute Gasteiger partial charge is 0.464 e. The molecule has 1 N–H and O–H groups in total. The van der Waals surface area contributed by atoms with Gasteiger partial charge < -0.3 is 23.9 Å². The summed E-state index contributed by atoms with van der Waals surface area (Å²) in [6, 6.07) is 2.06. The van der Waals surface area contributed by atoms with Gasteiger partial charge in [0.05, 0.1) is 13.2 Å². The van der Waals surface area contributed by atoms with E-state index in [1.165, 1.54) is 5.56 Å². The molecule has 1 aromatic heterocycles. The molecule has 0 saturated heterocycles. The van der Waals surface area contributed by atoms with Crippen molar-refractivity contribution < 1.29 is 18.6 Å². The molecule has 116 valence electrons. The maximum Gasteiger partial charge on any atom is 0.130 e. The molecule has 0 atom stereocenters. The first-order valence-corrected chi connectivity index (χ1v) is 7.21. The quantitative estimate of drug-likeness (QED) is 0.597. The highest BCUT2D eigenvalue weighted by Crippen LogP contribution is 2.15. The summed E-state index contributed by atoms with van der Waals surface area (Å²) >= 11 is 0. The molecule has 0 saturated carbocycles. The number of nitrogens with one attached hydrogen (secondary N) is 1. The Labute approximate surface area is 121 Å². The standard InChI is InChI=1S/C15H27NO4/c1-4-16-11-14-10-15(20-13(14)2)12-19-7-5-6-18-9-8-17-3/h10,16H,4-9,11-12H2,1-3H3. The van der Waals surface area contributed by atoms with Crippen molar-refractivity contribution in [1.29, 1.82) is 0 Å². The van der Waals surface area contributed by atoms with Gasteiger partial charge in [0, 0.05) is 32.4 Å². The van der Waals surface area contributed by atoms with Crippen LogP contribution in [0.5, 0.6) is 0 Å². The number of furan rings is 1. The predicted octanol–water partition coefficient (Wildman–Crippen LogP) is 2.27. The lowest BCUT2D eigenvalue weighted by atomic mass is 10.2. The minimum absolute atomic E-state index is 0.519. The zero-order valence-corrected chi connectivity index (χ0v) is 12.9. The number of ether oxygens (including phenoxy) is 3. The Morgan fingerprint density at radius 2 is 1.95 bits per heavy atom. The van der Waals surface area contributed by atoms with E-state index >= 15 is 0 Å². The SMILES string of the molecule is CCNCc1cc(COCCCOCCOC)oc1C. The summed E-state index contributed by atoms with van der Waals surface area (Å²) in [5.74, 6) is 1.85. The maximum atomic E-state index is 5.66. The van der Waals surface area contributed by atoms with Crippen molar-refractivity contribution in [2.45, 2.75) is 33.4 Å². The molecule has 0 aliphatic heterocycles. The molecule has 5 nitrogen and oxygen atoms in total. The summed E-state index contributed by atoms with van der Waals surface area (Å²) in [6.07, 6.45) is 0.883. The molecule has 0 radical (unpaired) electrons. The molecular weight excluding hydrogens is 258 g/mol. The number of hydrogen-bond donors (Lipinski definition) is 1. The molecule has 5 heteroatoms. The van der Waals surface area contributed by atoms with E-state index < -0.39 is 0 Å². The zero-order chi connectivity index (χ0) is 14.6. The molecular formula is C15H27NO4. The van der Waals surface area contributed by atoms with Crippen molar-refractivity contribution in [3.8, 4) is 0 Å². The van der Waals surface area contributed by atoms with Crippen LogP contribution in [0.25, 0.3) is 0 Å². The number of aryl methyl sites for hydroxylation is 1. The first kappa shape index (κ1) is 17.2. The van der Waals surface area contributed by atoms with Crippen LogP contribution in [-0.2, 0) is 27.4 Å². The van der Waals surface area contributed by atoms with Crippen LogP contribution in [-0.4, -0.2) is 40.1 Å². The molecule has 1 aromatic rings. The second-order valence-electron chi connectivity index (χ2n) is 4.59. The Morgan fingerprint density at radius 3 is 2.70 bits per heavy atom. The van der Waals surface area contributed by atoms with Gasteiger partial charge in [0.2, 0.25) is 0 Å². The first-order valence-electron chi connectivity index (χ1n) is 7.21. The summed E-state index contributed by atoms with van der Waals surface area (Å²) in [6.45, 7) is 9.06. The highest BCUT2D eigenvalue weighted by Gasteiger charge is 2.06. The van der Waals surface area contributed by atoms with Gasteiger partial charge in [-0.3, -0.25) is 0 Å². The van der Waals surface area contributed by atoms with E-state index in [9.17, 15) is 0 Å². The van der Waals surface area contributed by atoms with Crippen molar-refractivity contribution in [2.24, 2.45) is 0 Å². The van der Waals surface area contributed by atoms with Crippen LogP contribution < -0.4 is 5.32 Å². The topological polar surface area (TPSA) is 52.9 Å². The Kier molecular flexibility index (Phi) is 9.32. The van der Waals surface area contributed by atoms with Gasteiger partial charge in [-0.25, -0.2) is 0 Å². The molecule has 0 aliphatic carbocycles. The van der Waals surface area contributed by atoms with Crippen LogP contribution in [0.4, 0.5) is 0 Å². The van der Waals surface area contributed by atoms with Crippen LogP contribution in [0.2, 0.25) is 0 Å². The van der Waals surface area contributed by atoms with E-state index in [1.54, 1.807) is 7.11 Å². The molecule has 0 spiro atoms. The average molecular weight is 285 g/mol. The molecule has 0 amide bonds. The third-order valence-electron chi connectivity index (χ3n) is 2.89. The molecule has 0 unspecified atom stereocenters. The predicted molar refractivity (Wildman–Crippen MR) is 77.8 cm³/mol. The fraction of sp³-hybridized carbons (Fsp3) is 0.733. The van der Waals surface area contributed by atoms with Gasteiger partial charge >= 0.3 is 0 Å². The van der Waals surface area contributed by atoms with Gasteiger partial charge in [0.15, 0.2) is 0 Å². The van der Waals surface area contributed by atoms with Gasteiger partial charge in [-0.05, 0) is 26.0 Å². The minimum Gasteiger partial charge on any atom is -0.464 e. The second-order valence-corrected chi connectivity index (χ2v) is 4.59. The van der Waals surface area contributed by atoms with Crippen molar-refractivity contribution in [3.63, 3.8) is 0 Å². The normalized spacial score (nSPS) is 11.2. The smallest absolute Gasteiger partial charge is 0.130 e. The van der Waals surface area contributed by atoms with Crippen molar-refractivity contribution in [2.75, 3.05) is 40.1 Å². The fourth-order valence-electron chi connectivity index (χ4n) is 1.77. The lowest BCUT2D eigenvalue weighted by Crippen LogP contribution is -2.11. The third kappa shape index (κ3) is 7.05. The number of methoxy groups -OCH3 is 1. The maximum absolute atomic E-state index is 5.66. The summed E-state index contributed by atoms with van der Waals surface area (Å²) in [4.78, 5) is 0. The van der Waals surface area contributed by atoms with Gasteiger partial charge in [-0.2, -0.15) is 0 Å². The third-order valence-corrected chi connectivity index (χ3v) is 2.89. The van der Waals surface area contributed by atoms with Crippen LogP contribution >= 0.6 is 0 Å². The van der Waals surface area contributed by atoms with E-state index in [0.29, 0.717) is 33.0 Å². The number of rotatable bonds is 12. The van der Waals surface area contributed by atoms with Crippen molar-refractivity contribution in [3.05, 3.63) is 23.2 Å². The molecule has 0 aromatic carbocycles. The summed E-state index contributed by atoms with van der Waals surface area (Å²) in [5.41, 5.74) is 1.20. The molecule has 1 heterocycles.